The van der Waals surface area contributed by atoms with Gasteiger partial charge in [-0.3, -0.25) is 5.10 Å². The highest BCUT2D eigenvalue weighted by atomic mass is 16.5. The number of nitrogens with zero attached hydrogens (tertiary/aromatic N) is 4. The van der Waals surface area contributed by atoms with Gasteiger partial charge >= 0.3 is 0 Å². The minimum atomic E-state index is 0.553. The predicted molar refractivity (Wildman–Crippen MR) is 105 cm³/mol. The summed E-state index contributed by atoms with van der Waals surface area (Å²) in [6, 6.07) is 6.39. The van der Waals surface area contributed by atoms with Gasteiger partial charge in [-0.15, -0.1) is 0 Å². The number of pyridine rings is 1. The summed E-state index contributed by atoms with van der Waals surface area (Å²) in [4.78, 5) is 4.30. The Labute approximate surface area is 157 Å². The number of benzene rings is 1. The second-order valence-electron chi connectivity index (χ2n) is 7.48. The van der Waals surface area contributed by atoms with Crippen molar-refractivity contribution in [1.82, 2.24) is 24.8 Å². The summed E-state index contributed by atoms with van der Waals surface area (Å²) in [5, 5.41) is 13.4. The Morgan fingerprint density at radius 1 is 1.11 bits per heavy atom. The van der Waals surface area contributed by atoms with Gasteiger partial charge in [0.15, 0.2) is 5.65 Å². The van der Waals surface area contributed by atoms with E-state index in [1.807, 2.05) is 10.7 Å². The number of methoxy groups -OCH3 is 1. The van der Waals surface area contributed by atoms with Crippen molar-refractivity contribution in [3.8, 4) is 16.9 Å². The van der Waals surface area contributed by atoms with E-state index in [2.05, 4.69) is 45.4 Å². The molecular weight excluding hydrogens is 338 g/mol. The highest BCUT2D eigenvalue weighted by molar-refractivity contribution is 5.92. The first-order valence-electron chi connectivity index (χ1n) is 9.61. The van der Waals surface area contributed by atoms with Crippen molar-refractivity contribution in [3.05, 3.63) is 42.0 Å². The van der Waals surface area contributed by atoms with Crippen LogP contribution in [0.4, 0.5) is 0 Å². The normalized spacial score (nSPS) is 15.6. The van der Waals surface area contributed by atoms with Crippen molar-refractivity contribution in [2.75, 3.05) is 7.11 Å². The standard InChI is InChI=1S/C21H23N5O/c1-13-8-16(11-26-21(13)22-12-23-26)15-9-17-19(18(10-15)27-2)20(25-24-17)14-6-4-3-5-7-14/h8-12,14H,3-7H2,1-2H3,(H,24,25). The van der Waals surface area contributed by atoms with E-state index in [0.717, 1.165) is 39.0 Å². The first-order chi connectivity index (χ1) is 13.2. The minimum Gasteiger partial charge on any atom is -0.496 e. The third-order valence-corrected chi connectivity index (χ3v) is 5.77. The fourth-order valence-corrected chi connectivity index (χ4v) is 4.40. The third-order valence-electron chi connectivity index (χ3n) is 5.77. The van der Waals surface area contributed by atoms with E-state index < -0.39 is 0 Å². The van der Waals surface area contributed by atoms with Gasteiger partial charge in [0, 0.05) is 23.4 Å². The Balaban J connectivity index is 1.65. The second-order valence-corrected chi connectivity index (χ2v) is 7.48. The summed E-state index contributed by atoms with van der Waals surface area (Å²) >= 11 is 0. The average Bonchev–Trinajstić information content (AvgIpc) is 3.35. The molecule has 138 valence electrons. The lowest BCUT2D eigenvalue weighted by molar-refractivity contribution is 0.416. The summed E-state index contributed by atoms with van der Waals surface area (Å²) in [5.74, 6) is 1.44. The molecule has 0 saturated heterocycles. The van der Waals surface area contributed by atoms with E-state index in [4.69, 9.17) is 4.74 Å². The Hall–Kier alpha value is -2.89. The number of hydrogen-bond donors (Lipinski definition) is 1. The van der Waals surface area contributed by atoms with Gasteiger partial charge in [0.05, 0.1) is 18.0 Å². The van der Waals surface area contributed by atoms with Crippen LogP contribution in [0.2, 0.25) is 0 Å². The maximum absolute atomic E-state index is 5.79. The smallest absolute Gasteiger partial charge is 0.158 e. The molecule has 1 N–H and O–H groups in total. The molecule has 3 heterocycles. The van der Waals surface area contributed by atoms with Crippen LogP contribution in [-0.2, 0) is 0 Å². The zero-order valence-electron chi connectivity index (χ0n) is 15.7. The Morgan fingerprint density at radius 2 is 1.96 bits per heavy atom. The first kappa shape index (κ1) is 16.3. The van der Waals surface area contributed by atoms with Crippen molar-refractivity contribution in [2.45, 2.75) is 44.9 Å². The molecule has 4 aromatic rings. The highest BCUT2D eigenvalue weighted by Crippen LogP contribution is 2.40. The van der Waals surface area contributed by atoms with Crippen LogP contribution >= 0.6 is 0 Å². The van der Waals surface area contributed by atoms with Crippen molar-refractivity contribution in [1.29, 1.82) is 0 Å². The van der Waals surface area contributed by atoms with Crippen LogP contribution in [0.1, 0.15) is 49.3 Å². The zero-order chi connectivity index (χ0) is 18.4. The highest BCUT2D eigenvalue weighted by Gasteiger charge is 2.22. The Bertz CT molecular complexity index is 1120. The lowest BCUT2D eigenvalue weighted by atomic mass is 9.85. The van der Waals surface area contributed by atoms with Crippen molar-refractivity contribution in [3.63, 3.8) is 0 Å². The number of hydrogen-bond acceptors (Lipinski definition) is 4. The van der Waals surface area contributed by atoms with Crippen molar-refractivity contribution < 1.29 is 4.74 Å². The molecule has 0 atom stereocenters. The molecule has 1 aliphatic carbocycles. The van der Waals surface area contributed by atoms with Crippen LogP contribution in [0, 0.1) is 6.92 Å². The molecule has 0 radical (unpaired) electrons. The van der Waals surface area contributed by atoms with E-state index in [9.17, 15) is 0 Å². The van der Waals surface area contributed by atoms with Crippen LogP contribution < -0.4 is 4.74 Å². The molecule has 27 heavy (non-hydrogen) atoms. The van der Waals surface area contributed by atoms with Gasteiger partial charge < -0.3 is 4.74 Å². The van der Waals surface area contributed by atoms with Crippen LogP contribution in [0.5, 0.6) is 5.75 Å². The van der Waals surface area contributed by atoms with Gasteiger partial charge in [-0.25, -0.2) is 9.50 Å². The quantitative estimate of drug-likeness (QED) is 0.577. The number of aromatic amines is 1. The van der Waals surface area contributed by atoms with Crippen molar-refractivity contribution >= 4 is 16.6 Å². The van der Waals surface area contributed by atoms with Crippen molar-refractivity contribution in [2.24, 2.45) is 0 Å². The maximum Gasteiger partial charge on any atom is 0.158 e. The molecule has 3 aromatic heterocycles. The summed E-state index contributed by atoms with van der Waals surface area (Å²) in [7, 11) is 1.74. The van der Waals surface area contributed by atoms with E-state index in [1.54, 1.807) is 13.4 Å². The van der Waals surface area contributed by atoms with E-state index in [1.165, 1.54) is 37.8 Å². The Morgan fingerprint density at radius 3 is 2.78 bits per heavy atom. The van der Waals surface area contributed by atoms with E-state index >= 15 is 0 Å². The molecule has 0 spiro atoms. The largest absolute Gasteiger partial charge is 0.496 e. The number of nitrogens with one attached hydrogen (secondary N) is 1. The summed E-state index contributed by atoms with van der Waals surface area (Å²) in [6.07, 6.45) is 9.97. The lowest BCUT2D eigenvalue weighted by Crippen LogP contribution is -2.05. The third kappa shape index (κ3) is 2.67. The summed E-state index contributed by atoms with van der Waals surface area (Å²) in [5.41, 5.74) is 6.31. The number of aryl methyl sites for hydroxylation is 1. The number of H-pyrrole nitrogens is 1. The number of ether oxygens (including phenoxy) is 1. The number of fused-ring (bicyclic) bond motifs is 2. The molecule has 1 fully saturated rings. The summed E-state index contributed by atoms with van der Waals surface area (Å²) in [6.45, 7) is 2.05. The topological polar surface area (TPSA) is 68.1 Å². The predicted octanol–water partition coefficient (Wildman–Crippen LogP) is 4.64. The van der Waals surface area contributed by atoms with Crippen LogP contribution in [0.25, 0.3) is 27.7 Å². The fraction of sp³-hybridized carbons (Fsp3) is 0.381. The minimum absolute atomic E-state index is 0.553. The van der Waals surface area contributed by atoms with E-state index in [0.29, 0.717) is 5.92 Å². The van der Waals surface area contributed by atoms with Gasteiger partial charge in [-0.05, 0) is 49.1 Å². The summed E-state index contributed by atoms with van der Waals surface area (Å²) < 4.78 is 7.61. The molecule has 0 amide bonds. The lowest BCUT2D eigenvalue weighted by Gasteiger charge is -2.21. The molecule has 5 rings (SSSR count). The van der Waals surface area contributed by atoms with Gasteiger partial charge in [-0.1, -0.05) is 19.3 Å². The Kier molecular flexibility index (Phi) is 3.85. The zero-order valence-corrected chi connectivity index (χ0v) is 15.7. The number of rotatable bonds is 3. The molecule has 0 aliphatic heterocycles. The number of aromatic nitrogens is 5. The molecule has 1 aromatic carbocycles. The van der Waals surface area contributed by atoms with Crippen LogP contribution in [0.15, 0.2) is 30.7 Å². The average molecular weight is 361 g/mol. The first-order valence-corrected chi connectivity index (χ1v) is 9.61. The molecule has 6 nitrogen and oxygen atoms in total. The SMILES string of the molecule is COc1cc(-c2cc(C)c3ncnn3c2)cc2n[nH]c(C3CCCCC3)c12. The molecule has 0 unspecified atom stereocenters. The van der Waals surface area contributed by atoms with Gasteiger partial charge in [0.25, 0.3) is 0 Å². The molecule has 6 heteroatoms. The van der Waals surface area contributed by atoms with Gasteiger partial charge in [0.1, 0.15) is 12.1 Å². The van der Waals surface area contributed by atoms with Crippen LogP contribution in [-0.4, -0.2) is 31.9 Å². The molecule has 1 saturated carbocycles. The molecule has 1 aliphatic rings. The monoisotopic (exact) mass is 361 g/mol. The maximum atomic E-state index is 5.79. The fourth-order valence-electron chi connectivity index (χ4n) is 4.40. The van der Waals surface area contributed by atoms with Crippen LogP contribution in [0.3, 0.4) is 0 Å². The van der Waals surface area contributed by atoms with Gasteiger partial charge in [-0.2, -0.15) is 10.2 Å². The molecule has 0 bridgehead atoms. The van der Waals surface area contributed by atoms with E-state index in [-0.39, 0.29) is 0 Å². The van der Waals surface area contributed by atoms with Gasteiger partial charge in [0.2, 0.25) is 0 Å². The molecular formula is C21H23N5O. The second kappa shape index (κ2) is 6.37.